The van der Waals surface area contributed by atoms with Gasteiger partial charge in [-0.2, -0.15) is 0 Å². The summed E-state index contributed by atoms with van der Waals surface area (Å²) >= 11 is 6.53. The molecular weight excluding hydrogens is 374 g/mol. The fourth-order valence-electron chi connectivity index (χ4n) is 2.44. The predicted molar refractivity (Wildman–Crippen MR) is 81.9 cm³/mol. The summed E-state index contributed by atoms with van der Waals surface area (Å²) in [5.74, 6) is 1.04. The molecular formula is C13H17Br2N3O. The quantitative estimate of drug-likeness (QED) is 0.782. The Kier molecular flexibility index (Phi) is 5.76. The van der Waals surface area contributed by atoms with Crippen LogP contribution >= 0.6 is 31.9 Å². The molecule has 0 atom stereocenters. The molecule has 0 saturated heterocycles. The van der Waals surface area contributed by atoms with Crippen LogP contribution in [0.2, 0.25) is 0 Å². The lowest BCUT2D eigenvalue weighted by molar-refractivity contribution is -0.117. The summed E-state index contributed by atoms with van der Waals surface area (Å²) in [6.07, 6.45) is 9.61. The number of carbonyl (C=O) groups is 1. The van der Waals surface area contributed by atoms with E-state index in [-0.39, 0.29) is 5.91 Å². The van der Waals surface area contributed by atoms with Gasteiger partial charge in [0.1, 0.15) is 9.21 Å². The van der Waals surface area contributed by atoms with Crippen molar-refractivity contribution in [3.05, 3.63) is 15.4 Å². The molecule has 0 unspecified atom stereocenters. The van der Waals surface area contributed by atoms with E-state index in [1.807, 2.05) is 0 Å². The molecule has 19 heavy (non-hydrogen) atoms. The molecule has 1 aliphatic rings. The van der Waals surface area contributed by atoms with Gasteiger partial charge in [0.05, 0.1) is 6.20 Å². The highest BCUT2D eigenvalue weighted by atomic mass is 79.9. The number of halogens is 2. The Balaban J connectivity index is 1.89. The van der Waals surface area contributed by atoms with Crippen molar-refractivity contribution >= 4 is 43.6 Å². The van der Waals surface area contributed by atoms with Crippen LogP contribution in [0, 0.1) is 5.92 Å². The van der Waals surface area contributed by atoms with E-state index in [0.29, 0.717) is 27.4 Å². The summed E-state index contributed by atoms with van der Waals surface area (Å²) in [5.41, 5.74) is 0. The first-order chi connectivity index (χ1) is 9.15. The molecule has 1 heterocycles. The van der Waals surface area contributed by atoms with Crippen molar-refractivity contribution in [2.24, 2.45) is 5.92 Å². The molecule has 1 aliphatic carbocycles. The van der Waals surface area contributed by atoms with Crippen LogP contribution in [0.15, 0.2) is 15.4 Å². The normalized spacial score (nSPS) is 16.9. The lowest BCUT2D eigenvalue weighted by atomic mass is 9.96. The van der Waals surface area contributed by atoms with Crippen LogP contribution < -0.4 is 5.32 Å². The molecule has 1 fully saturated rings. The van der Waals surface area contributed by atoms with E-state index in [1.165, 1.54) is 38.5 Å². The maximum absolute atomic E-state index is 12.0. The van der Waals surface area contributed by atoms with Gasteiger partial charge in [-0.1, -0.05) is 25.7 Å². The van der Waals surface area contributed by atoms with Crippen LogP contribution in [0.5, 0.6) is 0 Å². The zero-order valence-corrected chi connectivity index (χ0v) is 13.8. The minimum absolute atomic E-state index is 0.0317. The second-order valence-corrected chi connectivity index (χ2v) is 6.51. The Morgan fingerprint density at radius 1 is 1.26 bits per heavy atom. The predicted octanol–water partition coefficient (Wildman–Crippen LogP) is 4.30. The van der Waals surface area contributed by atoms with Gasteiger partial charge in [0.25, 0.3) is 0 Å². The van der Waals surface area contributed by atoms with Gasteiger partial charge >= 0.3 is 0 Å². The van der Waals surface area contributed by atoms with Crippen molar-refractivity contribution in [2.75, 3.05) is 5.32 Å². The van der Waals surface area contributed by atoms with E-state index >= 15 is 0 Å². The van der Waals surface area contributed by atoms with Crippen LogP contribution in [0.4, 0.5) is 5.82 Å². The van der Waals surface area contributed by atoms with E-state index in [1.54, 1.807) is 6.20 Å². The van der Waals surface area contributed by atoms with E-state index in [9.17, 15) is 4.79 Å². The number of hydrogen-bond acceptors (Lipinski definition) is 3. The first-order valence-corrected chi connectivity index (χ1v) is 8.21. The van der Waals surface area contributed by atoms with Gasteiger partial charge in [0.2, 0.25) is 5.91 Å². The van der Waals surface area contributed by atoms with Crippen molar-refractivity contribution < 1.29 is 4.79 Å². The third-order valence-corrected chi connectivity index (χ3v) is 4.34. The van der Waals surface area contributed by atoms with Crippen molar-refractivity contribution in [3.63, 3.8) is 0 Å². The highest BCUT2D eigenvalue weighted by molar-refractivity contribution is 9.11. The van der Waals surface area contributed by atoms with Gasteiger partial charge in [-0.3, -0.25) is 4.79 Å². The molecule has 0 aliphatic heterocycles. The zero-order valence-electron chi connectivity index (χ0n) is 10.7. The van der Waals surface area contributed by atoms with Crippen molar-refractivity contribution in [1.29, 1.82) is 0 Å². The Morgan fingerprint density at radius 3 is 2.58 bits per heavy atom. The van der Waals surface area contributed by atoms with E-state index in [0.717, 1.165) is 0 Å². The molecule has 0 bridgehead atoms. The Bertz CT molecular complexity index is 446. The lowest BCUT2D eigenvalue weighted by Gasteiger charge is -2.13. The van der Waals surface area contributed by atoms with Gasteiger partial charge in [0, 0.05) is 6.42 Å². The number of anilines is 1. The standard InChI is InChI=1S/C13H17Br2N3O/c14-10-8-16-13(12(15)17-10)18-11(19)7-9-5-3-1-2-4-6-9/h8-9H,1-7H2,(H,16,18,19). The van der Waals surface area contributed by atoms with E-state index < -0.39 is 0 Å². The molecule has 0 spiro atoms. The van der Waals surface area contributed by atoms with Crippen LogP contribution in [0.3, 0.4) is 0 Å². The minimum Gasteiger partial charge on any atom is -0.308 e. The summed E-state index contributed by atoms with van der Waals surface area (Å²) in [6.45, 7) is 0. The maximum Gasteiger partial charge on any atom is 0.225 e. The SMILES string of the molecule is O=C(CC1CCCCCC1)Nc1ncc(Br)nc1Br. The minimum atomic E-state index is 0.0317. The largest absolute Gasteiger partial charge is 0.308 e. The van der Waals surface area contributed by atoms with Gasteiger partial charge in [0.15, 0.2) is 5.82 Å². The van der Waals surface area contributed by atoms with E-state index in [2.05, 4.69) is 47.1 Å². The average Bonchev–Trinajstić information content (AvgIpc) is 2.61. The highest BCUT2D eigenvalue weighted by Gasteiger charge is 2.17. The number of nitrogens with one attached hydrogen (secondary N) is 1. The maximum atomic E-state index is 12.0. The van der Waals surface area contributed by atoms with E-state index in [4.69, 9.17) is 0 Å². The molecule has 4 nitrogen and oxygen atoms in total. The molecule has 2 rings (SSSR count). The number of rotatable bonds is 3. The highest BCUT2D eigenvalue weighted by Crippen LogP contribution is 2.26. The number of nitrogens with zero attached hydrogens (tertiary/aromatic N) is 2. The summed E-state index contributed by atoms with van der Waals surface area (Å²) in [6, 6.07) is 0. The van der Waals surface area contributed by atoms with Crippen molar-refractivity contribution in [3.8, 4) is 0 Å². The summed E-state index contributed by atoms with van der Waals surface area (Å²) in [5, 5.41) is 2.82. The van der Waals surface area contributed by atoms with Gasteiger partial charge in [-0.25, -0.2) is 9.97 Å². The molecule has 6 heteroatoms. The molecule has 1 N–H and O–H groups in total. The number of aromatic nitrogens is 2. The lowest BCUT2D eigenvalue weighted by Crippen LogP contribution is -2.17. The third-order valence-electron chi connectivity index (χ3n) is 3.41. The van der Waals surface area contributed by atoms with Crippen LogP contribution in [-0.2, 0) is 4.79 Å². The van der Waals surface area contributed by atoms with Crippen LogP contribution in [0.1, 0.15) is 44.9 Å². The molecule has 1 amide bonds. The number of hydrogen-bond donors (Lipinski definition) is 1. The first kappa shape index (κ1) is 14.9. The summed E-state index contributed by atoms with van der Waals surface area (Å²) in [7, 11) is 0. The average molecular weight is 391 g/mol. The summed E-state index contributed by atoms with van der Waals surface area (Å²) in [4.78, 5) is 20.3. The van der Waals surface area contributed by atoms with Crippen LogP contribution in [-0.4, -0.2) is 15.9 Å². The van der Waals surface area contributed by atoms with Crippen molar-refractivity contribution in [1.82, 2.24) is 9.97 Å². The smallest absolute Gasteiger partial charge is 0.225 e. The molecule has 1 aromatic rings. The summed E-state index contributed by atoms with van der Waals surface area (Å²) < 4.78 is 1.19. The number of carbonyl (C=O) groups excluding carboxylic acids is 1. The Hall–Kier alpha value is -0.490. The fraction of sp³-hybridized carbons (Fsp3) is 0.615. The third kappa shape index (κ3) is 4.84. The van der Waals surface area contributed by atoms with Gasteiger partial charge in [-0.05, 0) is 50.6 Å². The molecule has 1 saturated carbocycles. The molecule has 0 aromatic carbocycles. The first-order valence-electron chi connectivity index (χ1n) is 6.63. The van der Waals surface area contributed by atoms with Gasteiger partial charge in [-0.15, -0.1) is 0 Å². The Morgan fingerprint density at radius 2 is 1.95 bits per heavy atom. The van der Waals surface area contributed by atoms with Gasteiger partial charge < -0.3 is 5.32 Å². The second kappa shape index (κ2) is 7.33. The second-order valence-electron chi connectivity index (χ2n) is 4.94. The fourth-order valence-corrected chi connectivity index (χ4v) is 3.35. The van der Waals surface area contributed by atoms with Crippen molar-refractivity contribution in [2.45, 2.75) is 44.9 Å². The van der Waals surface area contributed by atoms with Crippen LogP contribution in [0.25, 0.3) is 0 Å². The molecule has 104 valence electrons. The topological polar surface area (TPSA) is 54.9 Å². The Labute approximate surface area is 130 Å². The number of amides is 1. The zero-order chi connectivity index (χ0) is 13.7. The monoisotopic (exact) mass is 389 g/mol. The molecule has 0 radical (unpaired) electrons. The molecule has 1 aromatic heterocycles.